The molecule has 0 aliphatic heterocycles. The van der Waals surface area contributed by atoms with Crippen molar-refractivity contribution in [3.8, 4) is 5.75 Å². The van der Waals surface area contributed by atoms with Gasteiger partial charge in [-0.25, -0.2) is 0 Å². The Balaban J connectivity index is 1.46. The molecule has 1 heterocycles. The first-order valence-corrected chi connectivity index (χ1v) is 10.1. The molecule has 2 aromatic carbocycles. The highest BCUT2D eigenvalue weighted by molar-refractivity contribution is 6.00. The molecule has 7 heteroatoms. The zero-order chi connectivity index (χ0) is 22.4. The van der Waals surface area contributed by atoms with Gasteiger partial charge in [-0.05, 0) is 67.9 Å². The van der Waals surface area contributed by atoms with Crippen LogP contribution in [0, 0.1) is 13.8 Å². The number of hydrogen-bond acceptors (Lipinski definition) is 4. The molecule has 3 aromatic rings. The first-order chi connectivity index (χ1) is 14.8. The Morgan fingerprint density at radius 3 is 2.10 bits per heavy atom. The highest BCUT2D eigenvalue weighted by Crippen LogP contribution is 2.14. The van der Waals surface area contributed by atoms with Crippen LogP contribution in [-0.4, -0.2) is 37.2 Å². The molecule has 2 amide bonds. The van der Waals surface area contributed by atoms with E-state index in [0.29, 0.717) is 17.9 Å². The second-order valence-corrected chi connectivity index (χ2v) is 7.54. The number of hydrogen-bond donors (Lipinski definition) is 2. The Bertz CT molecular complexity index is 1020. The van der Waals surface area contributed by atoms with Gasteiger partial charge in [0.2, 0.25) is 0 Å². The van der Waals surface area contributed by atoms with Crippen LogP contribution < -0.4 is 20.4 Å². The lowest BCUT2D eigenvalue weighted by molar-refractivity contribution is -0.123. The molecule has 162 valence electrons. The second kappa shape index (κ2) is 9.84. The van der Waals surface area contributed by atoms with Crippen molar-refractivity contribution in [1.82, 2.24) is 9.99 Å². The summed E-state index contributed by atoms with van der Waals surface area (Å²) in [5.41, 5.74) is 7.38. The Kier molecular flexibility index (Phi) is 6.97. The summed E-state index contributed by atoms with van der Waals surface area (Å²) in [6, 6.07) is 18.6. The molecule has 0 bridgehead atoms. The summed E-state index contributed by atoms with van der Waals surface area (Å²) in [4.78, 5) is 26.5. The molecule has 0 aliphatic carbocycles. The van der Waals surface area contributed by atoms with E-state index >= 15 is 0 Å². The number of anilines is 1. The van der Waals surface area contributed by atoms with Crippen LogP contribution in [0.2, 0.25) is 0 Å². The van der Waals surface area contributed by atoms with Gasteiger partial charge in [-0.3, -0.25) is 19.7 Å². The molecule has 1 aromatic heterocycles. The predicted octanol–water partition coefficient (Wildman–Crippen LogP) is 3.25. The van der Waals surface area contributed by atoms with Crippen molar-refractivity contribution in [3.63, 3.8) is 0 Å². The van der Waals surface area contributed by atoms with Gasteiger partial charge in [0.25, 0.3) is 11.8 Å². The molecule has 0 aliphatic rings. The van der Waals surface area contributed by atoms with Crippen LogP contribution in [0.1, 0.15) is 27.3 Å². The third-order valence-electron chi connectivity index (χ3n) is 4.91. The van der Waals surface area contributed by atoms with Crippen molar-refractivity contribution >= 4 is 17.5 Å². The minimum absolute atomic E-state index is 0.0942. The largest absolute Gasteiger partial charge is 0.484 e. The van der Waals surface area contributed by atoms with Gasteiger partial charge in [0.15, 0.2) is 6.61 Å². The molecular formula is C24H28N4O3. The van der Waals surface area contributed by atoms with Crippen LogP contribution >= 0.6 is 0 Å². The summed E-state index contributed by atoms with van der Waals surface area (Å²) in [7, 11) is 3.97. The number of carbonyl (C=O) groups is 2. The maximum atomic E-state index is 12.4. The van der Waals surface area contributed by atoms with E-state index in [9.17, 15) is 9.59 Å². The molecule has 31 heavy (non-hydrogen) atoms. The third-order valence-corrected chi connectivity index (χ3v) is 4.91. The fourth-order valence-electron chi connectivity index (χ4n) is 3.03. The van der Waals surface area contributed by atoms with Crippen molar-refractivity contribution in [3.05, 3.63) is 83.2 Å². The summed E-state index contributed by atoms with van der Waals surface area (Å²) in [5, 5.41) is 2.84. The smallest absolute Gasteiger partial charge is 0.270 e. The van der Waals surface area contributed by atoms with Gasteiger partial charge in [-0.2, -0.15) is 0 Å². The number of benzene rings is 2. The maximum Gasteiger partial charge on any atom is 0.270 e. The molecule has 0 spiro atoms. The number of nitrogens with zero attached hydrogens (tertiary/aromatic N) is 2. The minimum atomic E-state index is -0.216. The molecule has 0 fully saturated rings. The van der Waals surface area contributed by atoms with E-state index in [0.717, 1.165) is 22.6 Å². The van der Waals surface area contributed by atoms with E-state index in [4.69, 9.17) is 4.74 Å². The Hall–Kier alpha value is -3.74. The number of aryl methyl sites for hydroxylation is 2. The van der Waals surface area contributed by atoms with E-state index in [-0.39, 0.29) is 18.4 Å². The summed E-state index contributed by atoms with van der Waals surface area (Å²) >= 11 is 0. The average molecular weight is 421 g/mol. The topological polar surface area (TPSA) is 75.6 Å². The highest BCUT2D eigenvalue weighted by Gasteiger charge is 2.09. The minimum Gasteiger partial charge on any atom is -0.484 e. The number of rotatable bonds is 8. The number of ether oxygens (including phenoxy) is 1. The second-order valence-electron chi connectivity index (χ2n) is 7.54. The zero-order valence-electron chi connectivity index (χ0n) is 18.3. The highest BCUT2D eigenvalue weighted by atomic mass is 16.5. The molecule has 3 rings (SSSR count). The fraction of sp³-hybridized carbons (Fsp3) is 0.250. The van der Waals surface area contributed by atoms with E-state index < -0.39 is 0 Å². The van der Waals surface area contributed by atoms with Gasteiger partial charge in [0.1, 0.15) is 5.75 Å². The molecular weight excluding hydrogens is 392 g/mol. The lowest BCUT2D eigenvalue weighted by atomic mass is 10.2. The van der Waals surface area contributed by atoms with Crippen molar-refractivity contribution in [2.75, 3.05) is 31.0 Å². The van der Waals surface area contributed by atoms with Crippen molar-refractivity contribution in [1.29, 1.82) is 0 Å². The quantitative estimate of drug-likeness (QED) is 0.587. The lowest BCUT2D eigenvalue weighted by Crippen LogP contribution is -2.28. The van der Waals surface area contributed by atoms with Gasteiger partial charge >= 0.3 is 0 Å². The Morgan fingerprint density at radius 2 is 1.52 bits per heavy atom. The molecule has 0 unspecified atom stereocenters. The van der Waals surface area contributed by atoms with Gasteiger partial charge < -0.3 is 15.0 Å². The first-order valence-electron chi connectivity index (χ1n) is 10.1. The number of aromatic nitrogens is 1. The molecule has 0 saturated heterocycles. The van der Waals surface area contributed by atoms with Gasteiger partial charge in [0, 0.05) is 43.3 Å². The summed E-state index contributed by atoms with van der Waals surface area (Å²) in [6.07, 6.45) is 0. The standard InChI is InChI=1S/C24H28N4O3/c1-17-5-6-18(2)28(17)26-24(30)20-9-13-22(14-10-20)31-16-23(29)25-15-19-7-11-21(12-8-19)27(3)4/h5-14H,15-16H2,1-4H3,(H,25,29)(H,26,30). The van der Waals surface area contributed by atoms with E-state index in [2.05, 4.69) is 10.7 Å². The van der Waals surface area contributed by atoms with E-state index in [1.165, 1.54) is 0 Å². The summed E-state index contributed by atoms with van der Waals surface area (Å²) in [5.74, 6) is 0.0967. The lowest BCUT2D eigenvalue weighted by Gasteiger charge is -2.13. The van der Waals surface area contributed by atoms with Gasteiger partial charge in [-0.15, -0.1) is 0 Å². The van der Waals surface area contributed by atoms with Crippen LogP contribution in [0.5, 0.6) is 5.75 Å². The van der Waals surface area contributed by atoms with Crippen molar-refractivity contribution < 1.29 is 14.3 Å². The Labute approximate surface area is 182 Å². The third kappa shape index (κ3) is 5.88. The summed E-state index contributed by atoms with van der Waals surface area (Å²) in [6.45, 7) is 4.19. The number of amides is 2. The van der Waals surface area contributed by atoms with Crippen LogP contribution in [-0.2, 0) is 11.3 Å². The van der Waals surface area contributed by atoms with E-state index in [1.54, 1.807) is 28.9 Å². The van der Waals surface area contributed by atoms with Crippen LogP contribution in [0.15, 0.2) is 60.7 Å². The molecule has 0 saturated carbocycles. The molecule has 2 N–H and O–H groups in total. The predicted molar refractivity (Wildman–Crippen MR) is 122 cm³/mol. The van der Waals surface area contributed by atoms with E-state index in [1.807, 2.05) is 69.2 Å². The van der Waals surface area contributed by atoms with Crippen molar-refractivity contribution in [2.45, 2.75) is 20.4 Å². The first kappa shape index (κ1) is 22.0. The van der Waals surface area contributed by atoms with Gasteiger partial charge in [0.05, 0.1) is 0 Å². The Morgan fingerprint density at radius 1 is 0.903 bits per heavy atom. The fourth-order valence-corrected chi connectivity index (χ4v) is 3.03. The normalized spacial score (nSPS) is 10.5. The molecule has 0 atom stereocenters. The molecule has 0 radical (unpaired) electrons. The maximum absolute atomic E-state index is 12.4. The monoisotopic (exact) mass is 420 g/mol. The SMILES string of the molecule is Cc1ccc(C)n1NC(=O)c1ccc(OCC(=O)NCc2ccc(N(C)C)cc2)cc1. The van der Waals surface area contributed by atoms with Gasteiger partial charge in [-0.1, -0.05) is 12.1 Å². The zero-order valence-corrected chi connectivity index (χ0v) is 18.3. The molecule has 7 nitrogen and oxygen atoms in total. The number of carbonyl (C=O) groups excluding carboxylic acids is 2. The van der Waals surface area contributed by atoms with Crippen molar-refractivity contribution in [2.24, 2.45) is 0 Å². The van der Waals surface area contributed by atoms with Crippen LogP contribution in [0.3, 0.4) is 0 Å². The van der Waals surface area contributed by atoms with Crippen LogP contribution in [0.25, 0.3) is 0 Å². The van der Waals surface area contributed by atoms with Crippen LogP contribution in [0.4, 0.5) is 5.69 Å². The summed E-state index contributed by atoms with van der Waals surface area (Å²) < 4.78 is 7.27. The number of nitrogens with one attached hydrogen (secondary N) is 2. The average Bonchev–Trinajstić information content (AvgIpc) is 3.08.